The van der Waals surface area contributed by atoms with Crippen molar-refractivity contribution in [1.82, 2.24) is 10.6 Å². The average Bonchev–Trinajstić information content (AvgIpc) is 2.34. The van der Waals surface area contributed by atoms with Crippen molar-refractivity contribution in [1.29, 1.82) is 0 Å². The Morgan fingerprint density at radius 3 is 2.76 bits per heavy atom. The Morgan fingerprint density at radius 2 is 2.24 bits per heavy atom. The van der Waals surface area contributed by atoms with Crippen LogP contribution in [0, 0.1) is 5.92 Å². The van der Waals surface area contributed by atoms with Gasteiger partial charge in [0.2, 0.25) is 5.91 Å². The van der Waals surface area contributed by atoms with E-state index in [2.05, 4.69) is 22.3 Å². The zero-order valence-corrected chi connectivity index (χ0v) is 10.8. The van der Waals surface area contributed by atoms with Gasteiger partial charge in [0.05, 0.1) is 13.2 Å². The molecular weight excluding hydrogens is 220 g/mol. The third kappa shape index (κ3) is 4.00. The largest absolute Gasteiger partial charge is 0.467 e. The monoisotopic (exact) mass is 242 g/mol. The van der Waals surface area contributed by atoms with Gasteiger partial charge in [-0.2, -0.15) is 0 Å². The van der Waals surface area contributed by atoms with Gasteiger partial charge in [0.1, 0.15) is 6.04 Å². The molecule has 5 heteroatoms. The summed E-state index contributed by atoms with van der Waals surface area (Å²) < 4.78 is 4.64. The highest BCUT2D eigenvalue weighted by molar-refractivity contribution is 5.87. The summed E-state index contributed by atoms with van der Waals surface area (Å²) in [6, 6.07) is -0.719. The van der Waals surface area contributed by atoms with Gasteiger partial charge in [-0.3, -0.25) is 4.79 Å². The van der Waals surface area contributed by atoms with Crippen LogP contribution in [-0.2, 0) is 14.3 Å². The third-order valence-corrected chi connectivity index (χ3v) is 3.19. The Morgan fingerprint density at radius 1 is 1.53 bits per heavy atom. The van der Waals surface area contributed by atoms with Crippen molar-refractivity contribution in [2.24, 2.45) is 5.92 Å². The van der Waals surface area contributed by atoms with E-state index >= 15 is 0 Å². The summed E-state index contributed by atoms with van der Waals surface area (Å²) in [4.78, 5) is 23.3. The molecule has 0 aromatic heterocycles. The van der Waals surface area contributed by atoms with Crippen LogP contribution in [0.3, 0.4) is 0 Å². The maximum atomic E-state index is 12.0. The van der Waals surface area contributed by atoms with Crippen LogP contribution in [0.25, 0.3) is 0 Å². The number of nitrogens with one attached hydrogen (secondary N) is 2. The maximum Gasteiger partial charge on any atom is 0.328 e. The molecule has 1 amide bonds. The van der Waals surface area contributed by atoms with Crippen molar-refractivity contribution in [3.63, 3.8) is 0 Å². The average molecular weight is 242 g/mol. The van der Waals surface area contributed by atoms with Crippen molar-refractivity contribution in [3.05, 3.63) is 0 Å². The van der Waals surface area contributed by atoms with Gasteiger partial charge in [-0.1, -0.05) is 13.8 Å². The van der Waals surface area contributed by atoms with Gasteiger partial charge in [-0.15, -0.1) is 0 Å². The third-order valence-electron chi connectivity index (χ3n) is 3.19. The highest BCUT2D eigenvalue weighted by atomic mass is 16.5. The van der Waals surface area contributed by atoms with E-state index < -0.39 is 6.04 Å². The number of hydrogen-bond donors (Lipinski definition) is 2. The van der Waals surface area contributed by atoms with E-state index in [0.717, 1.165) is 19.4 Å². The Balaban J connectivity index is 2.49. The van der Waals surface area contributed by atoms with E-state index in [1.165, 1.54) is 7.11 Å². The first-order valence-electron chi connectivity index (χ1n) is 6.20. The molecule has 2 N–H and O–H groups in total. The van der Waals surface area contributed by atoms with Crippen molar-refractivity contribution in [2.75, 3.05) is 13.7 Å². The fourth-order valence-corrected chi connectivity index (χ4v) is 2.05. The zero-order chi connectivity index (χ0) is 12.8. The first-order valence-corrected chi connectivity index (χ1v) is 6.20. The minimum atomic E-state index is -0.536. The number of carbonyl (C=O) groups excluding carboxylic acids is 2. The minimum Gasteiger partial charge on any atom is -0.467 e. The van der Waals surface area contributed by atoms with E-state index in [0.29, 0.717) is 12.3 Å². The number of esters is 1. The fraction of sp³-hybridized carbons (Fsp3) is 0.833. The predicted molar refractivity (Wildman–Crippen MR) is 64.4 cm³/mol. The lowest BCUT2D eigenvalue weighted by atomic mass is 9.94. The normalized spacial score (nSPS) is 26.1. The number of carbonyl (C=O) groups is 2. The van der Waals surface area contributed by atoms with Crippen LogP contribution in [0.4, 0.5) is 0 Å². The van der Waals surface area contributed by atoms with Crippen molar-refractivity contribution < 1.29 is 14.3 Å². The van der Waals surface area contributed by atoms with E-state index in [4.69, 9.17) is 0 Å². The molecule has 3 atom stereocenters. The molecule has 0 aliphatic carbocycles. The molecule has 1 rings (SSSR count). The Labute approximate surface area is 102 Å². The Kier molecular flexibility index (Phi) is 5.41. The SMILES string of the molecule is CCC(NC(=O)C1CC(C)CCN1)C(=O)OC. The number of ether oxygens (including phenoxy) is 1. The molecular formula is C12H22N2O3. The maximum absolute atomic E-state index is 12.0. The molecule has 1 heterocycles. The Bertz CT molecular complexity index is 281. The first kappa shape index (κ1) is 14.0. The molecule has 0 saturated carbocycles. The molecule has 17 heavy (non-hydrogen) atoms. The van der Waals surface area contributed by atoms with Gasteiger partial charge in [0, 0.05) is 0 Å². The van der Waals surface area contributed by atoms with Crippen LogP contribution in [0.1, 0.15) is 33.1 Å². The summed E-state index contributed by atoms with van der Waals surface area (Å²) in [5.74, 6) is 0.0590. The second-order valence-corrected chi connectivity index (χ2v) is 4.63. The lowest BCUT2D eigenvalue weighted by molar-refractivity contribution is -0.145. The first-order chi connectivity index (χ1) is 8.08. The quantitative estimate of drug-likeness (QED) is 0.702. The Hall–Kier alpha value is -1.10. The van der Waals surface area contributed by atoms with Crippen LogP contribution in [0.15, 0.2) is 0 Å². The van der Waals surface area contributed by atoms with E-state index in [-0.39, 0.29) is 17.9 Å². The van der Waals surface area contributed by atoms with Crippen molar-refractivity contribution in [3.8, 4) is 0 Å². The van der Waals surface area contributed by atoms with Gasteiger partial charge in [0.25, 0.3) is 0 Å². The van der Waals surface area contributed by atoms with Gasteiger partial charge >= 0.3 is 5.97 Å². The lowest BCUT2D eigenvalue weighted by Gasteiger charge is -2.28. The lowest BCUT2D eigenvalue weighted by Crippen LogP contribution is -2.52. The zero-order valence-electron chi connectivity index (χ0n) is 10.8. The number of methoxy groups -OCH3 is 1. The summed E-state index contributed by atoms with van der Waals surface area (Å²) in [6.45, 7) is 4.84. The molecule has 1 saturated heterocycles. The van der Waals surface area contributed by atoms with Crippen LogP contribution >= 0.6 is 0 Å². The highest BCUT2D eigenvalue weighted by Gasteiger charge is 2.27. The summed E-state index contributed by atoms with van der Waals surface area (Å²) in [6.07, 6.45) is 2.46. The van der Waals surface area contributed by atoms with Crippen LogP contribution in [0.5, 0.6) is 0 Å². The molecule has 1 aliphatic rings. The molecule has 0 aromatic carbocycles. The highest BCUT2D eigenvalue weighted by Crippen LogP contribution is 2.15. The van der Waals surface area contributed by atoms with Gasteiger partial charge < -0.3 is 15.4 Å². The smallest absolute Gasteiger partial charge is 0.328 e. The topological polar surface area (TPSA) is 67.4 Å². The molecule has 0 spiro atoms. The van der Waals surface area contributed by atoms with Crippen molar-refractivity contribution >= 4 is 11.9 Å². The molecule has 3 unspecified atom stereocenters. The molecule has 0 aromatic rings. The number of rotatable bonds is 4. The van der Waals surface area contributed by atoms with Crippen LogP contribution < -0.4 is 10.6 Å². The summed E-state index contributed by atoms with van der Waals surface area (Å²) in [7, 11) is 1.33. The molecule has 0 radical (unpaired) electrons. The minimum absolute atomic E-state index is 0.103. The van der Waals surface area contributed by atoms with E-state index in [1.807, 2.05) is 6.92 Å². The fourth-order valence-electron chi connectivity index (χ4n) is 2.05. The molecule has 0 bridgehead atoms. The van der Waals surface area contributed by atoms with Gasteiger partial charge in [-0.05, 0) is 31.7 Å². The standard InChI is InChI=1S/C12H22N2O3/c1-4-9(12(16)17-3)14-11(15)10-7-8(2)5-6-13-10/h8-10,13H,4-7H2,1-3H3,(H,14,15). The summed E-state index contributed by atoms with van der Waals surface area (Å²) in [5, 5.41) is 5.90. The number of hydrogen-bond acceptors (Lipinski definition) is 4. The number of piperidine rings is 1. The van der Waals surface area contributed by atoms with Gasteiger partial charge in [0.15, 0.2) is 0 Å². The van der Waals surface area contributed by atoms with Crippen molar-refractivity contribution in [2.45, 2.75) is 45.2 Å². The second kappa shape index (κ2) is 6.59. The second-order valence-electron chi connectivity index (χ2n) is 4.63. The molecule has 1 aliphatic heterocycles. The summed E-state index contributed by atoms with van der Waals surface area (Å²) >= 11 is 0. The number of amides is 1. The van der Waals surface area contributed by atoms with Crippen LogP contribution in [0.2, 0.25) is 0 Å². The van der Waals surface area contributed by atoms with E-state index in [9.17, 15) is 9.59 Å². The predicted octanol–water partition coefficient (Wildman–Crippen LogP) is 0.442. The molecule has 5 nitrogen and oxygen atoms in total. The van der Waals surface area contributed by atoms with E-state index in [1.54, 1.807) is 0 Å². The molecule has 98 valence electrons. The summed E-state index contributed by atoms with van der Waals surface area (Å²) in [5.41, 5.74) is 0. The van der Waals surface area contributed by atoms with Gasteiger partial charge in [-0.25, -0.2) is 4.79 Å². The van der Waals surface area contributed by atoms with Crippen LogP contribution in [-0.4, -0.2) is 37.6 Å². The molecule has 1 fully saturated rings.